The summed E-state index contributed by atoms with van der Waals surface area (Å²) in [4.78, 5) is 20.5. The molecule has 4 nitrogen and oxygen atoms in total. The summed E-state index contributed by atoms with van der Waals surface area (Å²) in [6.07, 6.45) is 1.19. The van der Waals surface area contributed by atoms with E-state index in [2.05, 4.69) is 48.2 Å². The number of carbonyl (C=O) groups excluding carboxylic acids is 1. The first-order valence-electron chi connectivity index (χ1n) is 8.69. The largest absolute Gasteiger partial charge is 0.346 e. The van der Waals surface area contributed by atoms with E-state index in [4.69, 9.17) is 0 Å². The fourth-order valence-corrected chi connectivity index (χ4v) is 2.93. The molecule has 0 saturated heterocycles. The molecule has 0 spiro atoms. The minimum Gasteiger partial charge on any atom is -0.346 e. The molecule has 0 aliphatic carbocycles. The van der Waals surface area contributed by atoms with Crippen LogP contribution in [0, 0.1) is 5.41 Å². The van der Waals surface area contributed by atoms with E-state index in [1.807, 2.05) is 42.5 Å². The summed E-state index contributed by atoms with van der Waals surface area (Å²) in [5, 5.41) is 3.17. The number of benzene rings is 2. The minimum atomic E-state index is -0.176. The highest BCUT2D eigenvalue weighted by atomic mass is 16.1. The molecule has 1 atom stereocenters. The molecule has 1 amide bonds. The van der Waals surface area contributed by atoms with Crippen molar-refractivity contribution in [3.63, 3.8) is 0 Å². The fourth-order valence-electron chi connectivity index (χ4n) is 2.93. The summed E-state index contributed by atoms with van der Waals surface area (Å²) in [5.41, 5.74) is 3.03. The van der Waals surface area contributed by atoms with Crippen LogP contribution in [0.2, 0.25) is 0 Å². The van der Waals surface area contributed by atoms with Crippen molar-refractivity contribution in [2.24, 2.45) is 5.41 Å². The number of imidazole rings is 1. The number of H-pyrrole nitrogens is 1. The molecule has 0 aliphatic rings. The number of para-hydroxylation sites is 2. The molecule has 3 rings (SSSR count). The van der Waals surface area contributed by atoms with Gasteiger partial charge in [0.1, 0.15) is 5.82 Å². The number of amides is 1. The lowest BCUT2D eigenvalue weighted by atomic mass is 9.91. The molecule has 0 saturated carbocycles. The van der Waals surface area contributed by atoms with Crippen LogP contribution in [0.15, 0.2) is 54.6 Å². The third-order valence-corrected chi connectivity index (χ3v) is 4.05. The Hall–Kier alpha value is -2.62. The molecule has 25 heavy (non-hydrogen) atoms. The van der Waals surface area contributed by atoms with Crippen molar-refractivity contribution in [2.45, 2.75) is 39.7 Å². The summed E-state index contributed by atoms with van der Waals surface area (Å²) in [5.74, 6) is 0.848. The highest BCUT2D eigenvalue weighted by Crippen LogP contribution is 2.22. The fraction of sp³-hybridized carbons (Fsp3) is 0.333. The van der Waals surface area contributed by atoms with Gasteiger partial charge >= 0.3 is 0 Å². The standard InChI is InChI=1S/C21H25N3O/c1-21(2,3)14-19(25)22-18(13-15-9-5-4-6-10-15)20-23-16-11-7-8-12-17(16)24-20/h4-12,18H,13-14H2,1-3H3,(H,22,25)(H,23,24)/t18-/m0/s1. The predicted octanol–water partition coefficient (Wildman–Crippen LogP) is 4.40. The van der Waals surface area contributed by atoms with Crippen LogP contribution in [-0.2, 0) is 11.2 Å². The second-order valence-corrected chi connectivity index (χ2v) is 7.69. The molecule has 2 aromatic carbocycles. The second-order valence-electron chi connectivity index (χ2n) is 7.69. The Morgan fingerprint density at radius 1 is 1.08 bits per heavy atom. The Balaban J connectivity index is 1.86. The normalized spacial score (nSPS) is 12.9. The van der Waals surface area contributed by atoms with Crippen molar-refractivity contribution in [3.05, 3.63) is 66.0 Å². The molecule has 0 aliphatic heterocycles. The smallest absolute Gasteiger partial charge is 0.221 e. The topological polar surface area (TPSA) is 57.8 Å². The van der Waals surface area contributed by atoms with Crippen LogP contribution < -0.4 is 5.32 Å². The molecule has 1 aromatic heterocycles. The highest BCUT2D eigenvalue weighted by molar-refractivity contribution is 5.78. The minimum absolute atomic E-state index is 0.0464. The van der Waals surface area contributed by atoms with Crippen molar-refractivity contribution in [3.8, 4) is 0 Å². The van der Waals surface area contributed by atoms with Gasteiger partial charge in [-0.05, 0) is 29.5 Å². The third kappa shape index (κ3) is 4.69. The first-order valence-corrected chi connectivity index (χ1v) is 8.69. The van der Waals surface area contributed by atoms with E-state index < -0.39 is 0 Å². The molecule has 0 fully saturated rings. The number of carbonyl (C=O) groups is 1. The Kier molecular flexibility index (Phi) is 4.88. The third-order valence-electron chi connectivity index (χ3n) is 4.05. The van der Waals surface area contributed by atoms with Crippen LogP contribution in [0.1, 0.15) is 44.6 Å². The summed E-state index contributed by atoms with van der Waals surface area (Å²) in [7, 11) is 0. The molecular weight excluding hydrogens is 310 g/mol. The highest BCUT2D eigenvalue weighted by Gasteiger charge is 2.22. The maximum absolute atomic E-state index is 12.5. The molecule has 3 aromatic rings. The summed E-state index contributed by atoms with van der Waals surface area (Å²) >= 11 is 0. The lowest BCUT2D eigenvalue weighted by molar-refractivity contribution is -0.123. The first kappa shape index (κ1) is 17.2. The Labute approximate surface area is 148 Å². The zero-order chi connectivity index (χ0) is 17.9. The number of hydrogen-bond acceptors (Lipinski definition) is 2. The first-order chi connectivity index (χ1) is 11.9. The maximum Gasteiger partial charge on any atom is 0.221 e. The zero-order valence-corrected chi connectivity index (χ0v) is 15.0. The molecular formula is C21H25N3O. The van der Waals surface area contributed by atoms with Gasteiger partial charge in [0.15, 0.2) is 0 Å². The predicted molar refractivity (Wildman–Crippen MR) is 101 cm³/mol. The quantitative estimate of drug-likeness (QED) is 0.726. The van der Waals surface area contributed by atoms with Crippen molar-refractivity contribution in [1.29, 1.82) is 0 Å². The second kappa shape index (κ2) is 7.09. The Morgan fingerprint density at radius 3 is 2.44 bits per heavy atom. The molecule has 4 heteroatoms. The van der Waals surface area contributed by atoms with E-state index in [9.17, 15) is 4.79 Å². The lowest BCUT2D eigenvalue weighted by Crippen LogP contribution is -2.33. The van der Waals surface area contributed by atoms with Gasteiger partial charge in [0, 0.05) is 6.42 Å². The van der Waals surface area contributed by atoms with Crippen LogP contribution in [-0.4, -0.2) is 15.9 Å². The molecule has 2 N–H and O–H groups in total. The number of nitrogens with one attached hydrogen (secondary N) is 2. The number of nitrogens with zero attached hydrogens (tertiary/aromatic N) is 1. The number of rotatable bonds is 5. The van der Waals surface area contributed by atoms with E-state index in [1.165, 1.54) is 5.56 Å². The van der Waals surface area contributed by atoms with Gasteiger partial charge in [-0.15, -0.1) is 0 Å². The molecule has 0 unspecified atom stereocenters. The van der Waals surface area contributed by atoms with Crippen LogP contribution in [0.25, 0.3) is 11.0 Å². The van der Waals surface area contributed by atoms with Gasteiger partial charge in [0.25, 0.3) is 0 Å². The van der Waals surface area contributed by atoms with Gasteiger partial charge in [0.2, 0.25) is 5.91 Å². The Morgan fingerprint density at radius 2 is 1.76 bits per heavy atom. The van der Waals surface area contributed by atoms with E-state index in [-0.39, 0.29) is 17.4 Å². The molecule has 130 valence electrons. The summed E-state index contributed by atoms with van der Waals surface area (Å²) in [6, 6.07) is 17.9. The summed E-state index contributed by atoms with van der Waals surface area (Å²) in [6.45, 7) is 6.21. The zero-order valence-electron chi connectivity index (χ0n) is 15.0. The number of aromatic amines is 1. The van der Waals surface area contributed by atoms with E-state index in [0.29, 0.717) is 12.8 Å². The van der Waals surface area contributed by atoms with Crippen molar-refractivity contribution >= 4 is 16.9 Å². The van der Waals surface area contributed by atoms with Crippen LogP contribution in [0.3, 0.4) is 0 Å². The van der Waals surface area contributed by atoms with Crippen LogP contribution in [0.5, 0.6) is 0 Å². The number of fused-ring (bicyclic) bond motifs is 1. The molecule has 0 radical (unpaired) electrons. The van der Waals surface area contributed by atoms with Gasteiger partial charge in [-0.1, -0.05) is 63.2 Å². The van der Waals surface area contributed by atoms with E-state index in [0.717, 1.165) is 16.9 Å². The molecule has 0 bridgehead atoms. The van der Waals surface area contributed by atoms with Crippen molar-refractivity contribution < 1.29 is 4.79 Å². The van der Waals surface area contributed by atoms with Crippen LogP contribution in [0.4, 0.5) is 0 Å². The van der Waals surface area contributed by atoms with E-state index in [1.54, 1.807) is 0 Å². The van der Waals surface area contributed by atoms with Gasteiger partial charge < -0.3 is 10.3 Å². The lowest BCUT2D eigenvalue weighted by Gasteiger charge is -2.21. The Bertz CT molecular complexity index is 813. The van der Waals surface area contributed by atoms with Crippen molar-refractivity contribution in [1.82, 2.24) is 15.3 Å². The number of aromatic nitrogens is 2. The maximum atomic E-state index is 12.5. The van der Waals surface area contributed by atoms with Gasteiger partial charge in [-0.25, -0.2) is 4.98 Å². The van der Waals surface area contributed by atoms with Crippen LogP contribution >= 0.6 is 0 Å². The molecule has 1 heterocycles. The SMILES string of the molecule is CC(C)(C)CC(=O)N[C@@H](Cc1ccccc1)c1nc2ccccc2[nH]1. The van der Waals surface area contributed by atoms with Gasteiger partial charge in [0.05, 0.1) is 17.1 Å². The average molecular weight is 335 g/mol. The average Bonchev–Trinajstić information content (AvgIpc) is 2.97. The van der Waals surface area contributed by atoms with E-state index >= 15 is 0 Å². The number of hydrogen-bond donors (Lipinski definition) is 2. The summed E-state index contributed by atoms with van der Waals surface area (Å²) < 4.78 is 0. The monoisotopic (exact) mass is 335 g/mol. The van der Waals surface area contributed by atoms with Gasteiger partial charge in [-0.3, -0.25) is 4.79 Å². The van der Waals surface area contributed by atoms with Crippen molar-refractivity contribution in [2.75, 3.05) is 0 Å². The van der Waals surface area contributed by atoms with Gasteiger partial charge in [-0.2, -0.15) is 0 Å².